The molecule has 0 atom stereocenters. The number of ether oxygens (including phenoxy) is 2. The largest absolute Gasteiger partial charge is 0.497 e. The lowest BCUT2D eigenvalue weighted by atomic mass is 10.1. The lowest BCUT2D eigenvalue weighted by Gasteiger charge is -2.13. The van der Waals surface area contributed by atoms with Gasteiger partial charge in [0.15, 0.2) is 0 Å². The van der Waals surface area contributed by atoms with Crippen LogP contribution in [0.15, 0.2) is 58.0 Å². The van der Waals surface area contributed by atoms with Crippen molar-refractivity contribution in [1.82, 2.24) is 15.2 Å². The summed E-state index contributed by atoms with van der Waals surface area (Å²) in [5.74, 6) is 0.909. The first kappa shape index (κ1) is 24.8. The topological polar surface area (TPSA) is 112 Å². The number of amides is 2. The van der Waals surface area contributed by atoms with Gasteiger partial charge in [0.2, 0.25) is 5.43 Å². The normalized spacial score (nSPS) is 10.7. The maximum Gasteiger partial charge on any atom is 0.257 e. The van der Waals surface area contributed by atoms with Crippen molar-refractivity contribution in [3.05, 3.63) is 87.2 Å². The summed E-state index contributed by atoms with van der Waals surface area (Å²) in [6.45, 7) is 2.94. The smallest absolute Gasteiger partial charge is 0.257 e. The standard InChI is InChI=1S/C25H29N3O6/c1-17-4-7-20(34-17)14-27-25(31)22-16-28(12-10-18-5-8-19(33-3)9-6-18)15-21(23(22)29)24(30)26-11-13-32-2/h4-9,15-16H,10-14H2,1-3H3,(H,26,30)(H,27,31). The molecule has 0 aliphatic heterocycles. The van der Waals surface area contributed by atoms with E-state index in [9.17, 15) is 14.4 Å². The molecule has 180 valence electrons. The third-order valence-corrected chi connectivity index (χ3v) is 5.20. The van der Waals surface area contributed by atoms with E-state index in [0.29, 0.717) is 25.3 Å². The lowest BCUT2D eigenvalue weighted by Crippen LogP contribution is -2.36. The van der Waals surface area contributed by atoms with Crippen LogP contribution in [0.3, 0.4) is 0 Å². The Morgan fingerprint density at radius 3 is 2.24 bits per heavy atom. The Kier molecular flexibility index (Phi) is 8.64. The van der Waals surface area contributed by atoms with Gasteiger partial charge in [-0.2, -0.15) is 0 Å². The van der Waals surface area contributed by atoms with Crippen LogP contribution in [0.1, 0.15) is 37.8 Å². The van der Waals surface area contributed by atoms with Crippen LogP contribution in [0.2, 0.25) is 0 Å². The van der Waals surface area contributed by atoms with Gasteiger partial charge in [-0.05, 0) is 43.2 Å². The van der Waals surface area contributed by atoms with Crippen LogP contribution in [-0.4, -0.2) is 43.8 Å². The van der Waals surface area contributed by atoms with Crippen molar-refractivity contribution in [2.45, 2.75) is 26.4 Å². The number of aromatic nitrogens is 1. The van der Waals surface area contributed by atoms with Crippen molar-refractivity contribution in [2.24, 2.45) is 0 Å². The molecule has 2 heterocycles. The summed E-state index contributed by atoms with van der Waals surface area (Å²) >= 11 is 0. The molecule has 0 aliphatic rings. The van der Waals surface area contributed by atoms with Crippen molar-refractivity contribution < 1.29 is 23.5 Å². The third-order valence-electron chi connectivity index (χ3n) is 5.20. The van der Waals surface area contributed by atoms with E-state index in [1.165, 1.54) is 19.5 Å². The molecule has 0 unspecified atom stereocenters. The number of nitrogens with zero attached hydrogens (tertiary/aromatic N) is 1. The minimum absolute atomic E-state index is 0.104. The van der Waals surface area contributed by atoms with Crippen LogP contribution in [0, 0.1) is 6.92 Å². The molecule has 0 saturated heterocycles. The molecular formula is C25H29N3O6. The van der Waals surface area contributed by atoms with Crippen molar-refractivity contribution in [2.75, 3.05) is 27.4 Å². The van der Waals surface area contributed by atoms with Crippen LogP contribution in [0.25, 0.3) is 0 Å². The third kappa shape index (κ3) is 6.58. The number of aryl methyl sites for hydroxylation is 3. The summed E-state index contributed by atoms with van der Waals surface area (Å²) in [5.41, 5.74) is 0.193. The predicted octanol–water partition coefficient (Wildman–Crippen LogP) is 2.31. The van der Waals surface area contributed by atoms with Gasteiger partial charge in [-0.1, -0.05) is 12.1 Å². The van der Waals surface area contributed by atoms with E-state index in [4.69, 9.17) is 13.9 Å². The predicted molar refractivity (Wildman–Crippen MR) is 126 cm³/mol. The average molecular weight is 468 g/mol. The molecule has 0 bridgehead atoms. The zero-order valence-corrected chi connectivity index (χ0v) is 19.6. The molecule has 9 nitrogen and oxygen atoms in total. The Hall–Kier alpha value is -3.85. The molecule has 2 aromatic heterocycles. The monoisotopic (exact) mass is 467 g/mol. The average Bonchev–Trinajstić information content (AvgIpc) is 3.27. The second-order valence-corrected chi connectivity index (χ2v) is 7.69. The SMILES string of the molecule is COCCNC(=O)c1cn(CCc2ccc(OC)cc2)cc(C(=O)NCc2ccc(C)o2)c1=O. The van der Waals surface area contributed by atoms with Crippen molar-refractivity contribution >= 4 is 11.8 Å². The van der Waals surface area contributed by atoms with Gasteiger partial charge >= 0.3 is 0 Å². The van der Waals surface area contributed by atoms with Gasteiger partial charge in [-0.15, -0.1) is 0 Å². The van der Waals surface area contributed by atoms with Crippen LogP contribution < -0.4 is 20.8 Å². The van der Waals surface area contributed by atoms with E-state index in [1.54, 1.807) is 30.7 Å². The minimum atomic E-state index is -0.635. The van der Waals surface area contributed by atoms with Crippen molar-refractivity contribution in [3.8, 4) is 5.75 Å². The fourth-order valence-electron chi connectivity index (χ4n) is 3.34. The summed E-state index contributed by atoms with van der Waals surface area (Å²) in [5, 5.41) is 5.33. The van der Waals surface area contributed by atoms with E-state index in [2.05, 4.69) is 10.6 Å². The van der Waals surface area contributed by atoms with E-state index in [0.717, 1.165) is 17.1 Å². The highest BCUT2D eigenvalue weighted by Crippen LogP contribution is 2.13. The molecule has 34 heavy (non-hydrogen) atoms. The fourth-order valence-corrected chi connectivity index (χ4v) is 3.34. The first-order valence-electron chi connectivity index (χ1n) is 10.9. The highest BCUT2D eigenvalue weighted by Gasteiger charge is 2.19. The number of carbonyl (C=O) groups is 2. The zero-order chi connectivity index (χ0) is 24.5. The molecule has 3 aromatic rings. The quantitative estimate of drug-likeness (QED) is 0.419. The Labute approximate surface area is 197 Å². The molecule has 0 fully saturated rings. The fraction of sp³-hybridized carbons (Fsp3) is 0.320. The molecule has 2 amide bonds. The Bertz CT molecular complexity index is 1180. The van der Waals surface area contributed by atoms with E-state index >= 15 is 0 Å². The second kappa shape index (κ2) is 11.9. The number of hydrogen-bond donors (Lipinski definition) is 2. The highest BCUT2D eigenvalue weighted by atomic mass is 16.5. The van der Waals surface area contributed by atoms with E-state index in [1.807, 2.05) is 24.3 Å². The number of methoxy groups -OCH3 is 2. The maximum atomic E-state index is 13.0. The summed E-state index contributed by atoms with van der Waals surface area (Å²) in [4.78, 5) is 38.5. The molecule has 0 saturated carbocycles. The molecule has 2 N–H and O–H groups in total. The van der Waals surface area contributed by atoms with Gasteiger partial charge in [0.25, 0.3) is 11.8 Å². The van der Waals surface area contributed by atoms with Crippen molar-refractivity contribution in [3.63, 3.8) is 0 Å². The highest BCUT2D eigenvalue weighted by molar-refractivity contribution is 5.99. The van der Waals surface area contributed by atoms with Crippen LogP contribution in [-0.2, 0) is 24.2 Å². The van der Waals surface area contributed by atoms with Gasteiger partial charge < -0.3 is 29.1 Å². The van der Waals surface area contributed by atoms with Gasteiger partial charge in [0.05, 0.1) is 20.3 Å². The molecule has 0 spiro atoms. The number of nitrogens with one attached hydrogen (secondary N) is 2. The first-order chi connectivity index (χ1) is 16.4. The number of furan rings is 1. The Morgan fingerprint density at radius 2 is 1.65 bits per heavy atom. The molecule has 1 aromatic carbocycles. The maximum absolute atomic E-state index is 13.0. The van der Waals surface area contributed by atoms with Crippen LogP contribution in [0.4, 0.5) is 0 Å². The minimum Gasteiger partial charge on any atom is -0.497 e. The summed E-state index contributed by atoms with van der Waals surface area (Å²) in [6.07, 6.45) is 3.57. The number of pyridine rings is 1. The lowest BCUT2D eigenvalue weighted by molar-refractivity contribution is 0.0935. The van der Waals surface area contributed by atoms with Gasteiger partial charge in [0.1, 0.15) is 28.4 Å². The van der Waals surface area contributed by atoms with Gasteiger partial charge in [0, 0.05) is 32.6 Å². The van der Waals surface area contributed by atoms with E-state index in [-0.39, 0.29) is 24.2 Å². The Balaban J connectivity index is 1.82. The second-order valence-electron chi connectivity index (χ2n) is 7.69. The molecule has 0 radical (unpaired) electrons. The number of rotatable bonds is 11. The van der Waals surface area contributed by atoms with Crippen molar-refractivity contribution in [1.29, 1.82) is 0 Å². The number of hydrogen-bond acceptors (Lipinski definition) is 6. The Morgan fingerprint density at radius 1 is 0.971 bits per heavy atom. The van der Waals surface area contributed by atoms with Gasteiger partial charge in [-0.25, -0.2) is 0 Å². The van der Waals surface area contributed by atoms with Crippen LogP contribution >= 0.6 is 0 Å². The van der Waals surface area contributed by atoms with E-state index < -0.39 is 17.2 Å². The molecule has 3 rings (SSSR count). The molecular weight excluding hydrogens is 438 g/mol. The summed E-state index contributed by atoms with van der Waals surface area (Å²) in [7, 11) is 3.12. The molecule has 0 aliphatic carbocycles. The van der Waals surface area contributed by atoms with Gasteiger partial charge in [-0.3, -0.25) is 14.4 Å². The first-order valence-corrected chi connectivity index (χ1v) is 10.9. The summed E-state index contributed by atoms with van der Waals surface area (Å²) in [6, 6.07) is 11.2. The van der Waals surface area contributed by atoms with Crippen LogP contribution in [0.5, 0.6) is 5.75 Å². The summed E-state index contributed by atoms with van der Waals surface area (Å²) < 4.78 is 17.3. The zero-order valence-electron chi connectivity index (χ0n) is 19.6. The molecule has 9 heteroatoms. The number of carbonyl (C=O) groups excluding carboxylic acids is 2. The number of benzene rings is 1.